The summed E-state index contributed by atoms with van der Waals surface area (Å²) in [7, 11) is 0. The quantitative estimate of drug-likeness (QED) is 0.793. The van der Waals surface area contributed by atoms with Crippen molar-refractivity contribution < 1.29 is 4.79 Å². The minimum Gasteiger partial charge on any atom is -0.305 e. The molecule has 0 bridgehead atoms. The Morgan fingerprint density at radius 2 is 1.75 bits per heavy atom. The molecule has 1 saturated heterocycles. The lowest BCUT2D eigenvalue weighted by Crippen LogP contribution is -2.64. The van der Waals surface area contributed by atoms with Gasteiger partial charge in [-0.3, -0.25) is 4.79 Å². The molecule has 2 fully saturated rings. The van der Waals surface area contributed by atoms with E-state index in [1.165, 1.54) is 32.4 Å². The van der Waals surface area contributed by atoms with Crippen LogP contribution in [0, 0.1) is 0 Å². The summed E-state index contributed by atoms with van der Waals surface area (Å²) in [5, 5.41) is 0.708. The van der Waals surface area contributed by atoms with Gasteiger partial charge in [0.15, 0.2) is 0 Å². The summed E-state index contributed by atoms with van der Waals surface area (Å²) in [6.07, 6.45) is 6.15. The Labute approximate surface area is 150 Å². The Hall–Kier alpha value is -1.06. The normalized spacial score (nSPS) is 32.6. The molecule has 4 rings (SSSR count). The maximum Gasteiger partial charge on any atom is 0.237 e. The Balaban J connectivity index is 1.61. The smallest absolute Gasteiger partial charge is 0.237 e. The third kappa shape index (κ3) is 2.32. The van der Waals surface area contributed by atoms with Crippen molar-refractivity contribution in [2.24, 2.45) is 0 Å². The van der Waals surface area contributed by atoms with E-state index in [0.717, 1.165) is 24.1 Å². The summed E-state index contributed by atoms with van der Waals surface area (Å²) < 4.78 is 0. The molecule has 24 heavy (non-hydrogen) atoms. The van der Waals surface area contributed by atoms with Crippen LogP contribution in [0.25, 0.3) is 0 Å². The fourth-order valence-electron chi connectivity index (χ4n) is 4.94. The number of carbonyl (C=O) groups excluding carboxylic acids is 1. The number of nitrogens with zero attached hydrogens (tertiary/aromatic N) is 2. The highest BCUT2D eigenvalue weighted by atomic mass is 35.5. The molecule has 1 aliphatic carbocycles. The zero-order chi connectivity index (χ0) is 17.1. The van der Waals surface area contributed by atoms with Crippen LogP contribution < -0.4 is 4.90 Å². The number of fused-ring (bicyclic) bond motifs is 1. The fourth-order valence-corrected chi connectivity index (χ4v) is 5.10. The first-order chi connectivity index (χ1) is 11.3. The van der Waals surface area contributed by atoms with E-state index in [0.29, 0.717) is 11.1 Å². The molecule has 0 unspecified atom stereocenters. The number of anilines is 1. The van der Waals surface area contributed by atoms with Gasteiger partial charge in [-0.1, -0.05) is 24.1 Å². The zero-order valence-electron chi connectivity index (χ0n) is 14.9. The number of likely N-dealkylation sites (tertiary alicyclic amines) is 1. The Kier molecular flexibility index (Phi) is 3.74. The van der Waals surface area contributed by atoms with Crippen LogP contribution in [-0.2, 0) is 10.2 Å². The van der Waals surface area contributed by atoms with Crippen molar-refractivity contribution in [3.8, 4) is 0 Å². The average molecular weight is 347 g/mol. The molecule has 3 nitrogen and oxygen atoms in total. The Bertz CT molecular complexity index is 672. The molecule has 1 saturated carbocycles. The number of carbonyl (C=O) groups is 1. The molecule has 0 aromatic heterocycles. The number of hydrogen-bond donors (Lipinski definition) is 0. The van der Waals surface area contributed by atoms with E-state index < -0.39 is 5.41 Å². The van der Waals surface area contributed by atoms with Crippen molar-refractivity contribution in [2.75, 3.05) is 18.0 Å². The molecular weight excluding hydrogens is 320 g/mol. The Morgan fingerprint density at radius 3 is 2.42 bits per heavy atom. The molecule has 130 valence electrons. The molecule has 0 radical (unpaired) electrons. The van der Waals surface area contributed by atoms with E-state index in [1.807, 2.05) is 32.0 Å². The first kappa shape index (κ1) is 16.4. The fraction of sp³-hybridized carbons (Fsp3) is 0.650. The van der Waals surface area contributed by atoms with Crippen LogP contribution in [0.4, 0.5) is 5.69 Å². The maximum absolute atomic E-state index is 13.2. The molecule has 0 atom stereocenters. The molecule has 1 aromatic rings. The van der Waals surface area contributed by atoms with Crippen molar-refractivity contribution >= 4 is 23.2 Å². The summed E-state index contributed by atoms with van der Waals surface area (Å²) in [5.41, 5.74) is 1.60. The lowest BCUT2D eigenvalue weighted by molar-refractivity contribution is -0.124. The van der Waals surface area contributed by atoms with Crippen LogP contribution in [0.3, 0.4) is 0 Å². The number of halogens is 1. The van der Waals surface area contributed by atoms with Crippen LogP contribution >= 0.6 is 11.6 Å². The van der Waals surface area contributed by atoms with Gasteiger partial charge < -0.3 is 9.80 Å². The van der Waals surface area contributed by atoms with Crippen molar-refractivity contribution in [1.82, 2.24) is 4.90 Å². The van der Waals surface area contributed by atoms with E-state index in [1.54, 1.807) is 0 Å². The van der Waals surface area contributed by atoms with Crippen LogP contribution in [0.1, 0.15) is 58.4 Å². The lowest BCUT2D eigenvalue weighted by atomic mass is 9.71. The summed E-state index contributed by atoms with van der Waals surface area (Å²) in [6, 6.07) is 6.54. The average Bonchev–Trinajstić information content (AvgIpc) is 2.72. The minimum absolute atomic E-state index is 0.0770. The topological polar surface area (TPSA) is 23.6 Å². The first-order valence-electron chi connectivity index (χ1n) is 9.22. The van der Waals surface area contributed by atoms with Gasteiger partial charge in [0, 0.05) is 16.6 Å². The summed E-state index contributed by atoms with van der Waals surface area (Å²) in [5.74, 6) is 0.222. The van der Waals surface area contributed by atoms with Gasteiger partial charge in [0.05, 0.1) is 11.1 Å². The van der Waals surface area contributed by atoms with Crippen LogP contribution in [0.5, 0.6) is 0 Å². The second-order valence-corrected chi connectivity index (χ2v) is 9.02. The second-order valence-electron chi connectivity index (χ2n) is 8.58. The van der Waals surface area contributed by atoms with Crippen LogP contribution in [0.15, 0.2) is 18.2 Å². The zero-order valence-corrected chi connectivity index (χ0v) is 15.7. The van der Waals surface area contributed by atoms with E-state index in [2.05, 4.69) is 16.7 Å². The van der Waals surface area contributed by atoms with Gasteiger partial charge in [-0.15, -0.1) is 0 Å². The highest BCUT2D eigenvalue weighted by Gasteiger charge is 2.55. The van der Waals surface area contributed by atoms with Gasteiger partial charge in [0.25, 0.3) is 0 Å². The summed E-state index contributed by atoms with van der Waals surface area (Å²) >= 11 is 6.25. The van der Waals surface area contributed by atoms with Gasteiger partial charge >= 0.3 is 0 Å². The van der Waals surface area contributed by atoms with Crippen molar-refractivity contribution in [2.45, 2.75) is 69.9 Å². The predicted molar refractivity (Wildman–Crippen MR) is 98.8 cm³/mol. The van der Waals surface area contributed by atoms with Crippen molar-refractivity contribution in [3.63, 3.8) is 0 Å². The van der Waals surface area contributed by atoms with Gasteiger partial charge in [0.1, 0.15) is 0 Å². The molecule has 0 N–H and O–H groups in total. The minimum atomic E-state index is -0.459. The molecule has 0 spiro atoms. The number of amides is 1. The van der Waals surface area contributed by atoms with Gasteiger partial charge in [-0.05, 0) is 77.2 Å². The van der Waals surface area contributed by atoms with E-state index in [-0.39, 0.29) is 11.4 Å². The number of piperidine rings is 1. The molecule has 3 aliphatic rings. The maximum atomic E-state index is 13.2. The number of rotatable bonds is 2. The van der Waals surface area contributed by atoms with Gasteiger partial charge in [-0.25, -0.2) is 0 Å². The van der Waals surface area contributed by atoms with E-state index >= 15 is 0 Å². The van der Waals surface area contributed by atoms with Crippen LogP contribution in [-0.4, -0.2) is 35.5 Å². The van der Waals surface area contributed by atoms with Crippen molar-refractivity contribution in [3.05, 3.63) is 28.8 Å². The second kappa shape index (κ2) is 5.47. The monoisotopic (exact) mass is 346 g/mol. The Morgan fingerprint density at radius 1 is 1.08 bits per heavy atom. The summed E-state index contributed by atoms with van der Waals surface area (Å²) in [6.45, 7) is 8.76. The summed E-state index contributed by atoms with van der Waals surface area (Å²) in [4.78, 5) is 17.9. The standard InChI is InChI=1S/C20H27ClN2O/c1-19(2)16-8-7-14(21)11-17(16)23(18(19)24)20(3)12-15(13-20)22-9-5-4-6-10-22/h7-8,11,15H,4-6,9-10,12-13H2,1-3H3. The molecule has 1 amide bonds. The SMILES string of the molecule is CC1(C)C(=O)N(C2(C)CC(N3CCCCC3)C2)c2cc(Cl)ccc21. The highest BCUT2D eigenvalue weighted by molar-refractivity contribution is 6.31. The molecular formula is C20H27ClN2O. The molecule has 2 aliphatic heterocycles. The van der Waals surface area contributed by atoms with Gasteiger partial charge in [-0.2, -0.15) is 0 Å². The largest absolute Gasteiger partial charge is 0.305 e. The number of benzene rings is 1. The van der Waals surface area contributed by atoms with Gasteiger partial charge in [0.2, 0.25) is 5.91 Å². The first-order valence-corrected chi connectivity index (χ1v) is 9.59. The lowest BCUT2D eigenvalue weighted by Gasteiger charge is -2.55. The van der Waals surface area contributed by atoms with Crippen molar-refractivity contribution in [1.29, 1.82) is 0 Å². The highest BCUT2D eigenvalue weighted by Crippen LogP contribution is 2.51. The molecule has 2 heterocycles. The third-order valence-electron chi connectivity index (χ3n) is 6.41. The predicted octanol–water partition coefficient (Wildman–Crippen LogP) is 4.37. The van der Waals surface area contributed by atoms with Crippen LogP contribution in [0.2, 0.25) is 5.02 Å². The number of hydrogen-bond acceptors (Lipinski definition) is 2. The molecule has 1 aromatic carbocycles. The van der Waals surface area contributed by atoms with E-state index in [9.17, 15) is 4.79 Å². The van der Waals surface area contributed by atoms with E-state index in [4.69, 9.17) is 11.6 Å². The molecule has 4 heteroatoms. The third-order valence-corrected chi connectivity index (χ3v) is 6.64.